The van der Waals surface area contributed by atoms with E-state index < -0.39 is 97.5 Å². The highest BCUT2D eigenvalue weighted by atomic mass is 31.2. The van der Waals surface area contributed by atoms with E-state index in [1.807, 2.05) is 0 Å². The number of phosphoric ester groups is 2. The standard InChI is InChI=1S/C63H122O17P2/c1-9-55(7)41-33-25-16-12-14-17-27-35-43-60(65)73-49-59(80-63(68)46-38-30-22-20-26-34-42-56(8)10-2)52-78-82(71,72)76-48-57(64)47-75-81(69,70)77-51-58(50-74-61(66)44-36-28-21-19-24-32-40-54(5)6)79-62(67)45-37-29-18-13-11-15-23-31-39-53(3)4/h53-59,64H,9-52H2,1-8H3,(H,69,70)(H,71,72)/t55?,56?,57-,58+,59+/m0/s1. The first-order valence-electron chi connectivity index (χ1n) is 32.8. The molecule has 17 nitrogen and oxygen atoms in total. The third-order valence-electron chi connectivity index (χ3n) is 15.0. The normalized spacial score (nSPS) is 15.1. The van der Waals surface area contributed by atoms with Crippen molar-refractivity contribution in [1.82, 2.24) is 0 Å². The molecule has 486 valence electrons. The summed E-state index contributed by atoms with van der Waals surface area (Å²) < 4.78 is 67.9. The molecule has 0 spiro atoms. The van der Waals surface area contributed by atoms with E-state index in [-0.39, 0.29) is 25.7 Å². The van der Waals surface area contributed by atoms with E-state index in [9.17, 15) is 43.2 Å². The third-order valence-corrected chi connectivity index (χ3v) is 16.9. The lowest BCUT2D eigenvalue weighted by Gasteiger charge is -2.21. The van der Waals surface area contributed by atoms with Gasteiger partial charge in [0.1, 0.15) is 19.3 Å². The molecular weight excluding hydrogens is 1090 g/mol. The van der Waals surface area contributed by atoms with Crippen molar-refractivity contribution in [2.75, 3.05) is 39.6 Å². The van der Waals surface area contributed by atoms with Crippen LogP contribution in [0.2, 0.25) is 0 Å². The molecule has 0 aromatic carbocycles. The van der Waals surface area contributed by atoms with Crippen molar-refractivity contribution in [3.05, 3.63) is 0 Å². The molecule has 0 aliphatic carbocycles. The molecule has 19 heteroatoms. The van der Waals surface area contributed by atoms with Crippen LogP contribution in [0.5, 0.6) is 0 Å². The molecule has 0 aromatic rings. The molecule has 0 saturated carbocycles. The van der Waals surface area contributed by atoms with E-state index in [4.69, 9.17) is 37.0 Å². The minimum absolute atomic E-state index is 0.102. The Balaban J connectivity index is 5.26. The van der Waals surface area contributed by atoms with Crippen LogP contribution in [0.4, 0.5) is 0 Å². The molecule has 0 aromatic heterocycles. The summed E-state index contributed by atoms with van der Waals surface area (Å²) in [5.74, 6) is 0.750. The quantitative estimate of drug-likeness (QED) is 0.0222. The smallest absolute Gasteiger partial charge is 0.462 e. The van der Waals surface area contributed by atoms with Gasteiger partial charge in [0.2, 0.25) is 0 Å². The number of aliphatic hydroxyl groups excluding tert-OH is 1. The van der Waals surface area contributed by atoms with Crippen LogP contribution in [0.3, 0.4) is 0 Å². The maximum absolute atomic E-state index is 13.0. The molecule has 0 rings (SSSR count). The van der Waals surface area contributed by atoms with E-state index in [1.165, 1.54) is 96.3 Å². The molecule has 0 aliphatic heterocycles. The summed E-state index contributed by atoms with van der Waals surface area (Å²) in [6.07, 6.45) is 32.3. The van der Waals surface area contributed by atoms with Crippen LogP contribution in [0, 0.1) is 23.7 Å². The Hall–Kier alpha value is -1.94. The molecule has 0 saturated heterocycles. The predicted molar refractivity (Wildman–Crippen MR) is 326 cm³/mol. The first-order valence-corrected chi connectivity index (χ1v) is 35.8. The van der Waals surface area contributed by atoms with Crippen LogP contribution < -0.4 is 0 Å². The summed E-state index contributed by atoms with van der Waals surface area (Å²) in [6, 6.07) is 0. The maximum atomic E-state index is 13.0. The minimum Gasteiger partial charge on any atom is -0.462 e. The monoisotopic (exact) mass is 1210 g/mol. The van der Waals surface area contributed by atoms with Crippen molar-refractivity contribution in [3.63, 3.8) is 0 Å². The van der Waals surface area contributed by atoms with Gasteiger partial charge in [0.05, 0.1) is 26.4 Å². The molecule has 4 unspecified atom stereocenters. The average molecular weight is 1210 g/mol. The zero-order chi connectivity index (χ0) is 61.1. The summed E-state index contributed by atoms with van der Waals surface area (Å²) in [5, 5.41) is 10.5. The molecular formula is C63H122O17P2. The third kappa shape index (κ3) is 54.7. The number of carbonyl (C=O) groups is 4. The SMILES string of the molecule is CCC(C)CCCCCCCCCCC(=O)OC[C@H](COP(=O)(O)OC[C@@H](O)COP(=O)(O)OC[C@@H](COC(=O)CCCCCCCCC(C)C)OC(=O)CCCCCCCCCCC(C)C)OC(=O)CCCCCCCCC(C)CC. The highest BCUT2D eigenvalue weighted by molar-refractivity contribution is 7.47. The van der Waals surface area contributed by atoms with Crippen molar-refractivity contribution in [2.24, 2.45) is 23.7 Å². The van der Waals surface area contributed by atoms with Gasteiger partial charge in [-0.05, 0) is 49.4 Å². The molecule has 3 N–H and O–H groups in total. The minimum atomic E-state index is -4.94. The molecule has 0 radical (unpaired) electrons. The van der Waals surface area contributed by atoms with Gasteiger partial charge >= 0.3 is 39.5 Å². The zero-order valence-electron chi connectivity index (χ0n) is 53.1. The van der Waals surface area contributed by atoms with Crippen LogP contribution in [-0.2, 0) is 65.4 Å². The second-order valence-electron chi connectivity index (χ2n) is 24.2. The number of phosphoric acid groups is 2. The zero-order valence-corrected chi connectivity index (χ0v) is 54.9. The molecule has 0 bridgehead atoms. The Bertz CT molecular complexity index is 1650. The molecule has 0 aliphatic rings. The van der Waals surface area contributed by atoms with Gasteiger partial charge in [-0.3, -0.25) is 37.3 Å². The predicted octanol–water partition coefficient (Wildman–Crippen LogP) is 17.0. The number of esters is 4. The highest BCUT2D eigenvalue weighted by Gasteiger charge is 2.30. The van der Waals surface area contributed by atoms with Crippen molar-refractivity contribution in [2.45, 2.75) is 318 Å². The Morgan fingerprint density at radius 3 is 0.866 bits per heavy atom. The van der Waals surface area contributed by atoms with Crippen molar-refractivity contribution < 1.29 is 80.2 Å². The topological polar surface area (TPSA) is 237 Å². The number of hydrogen-bond donors (Lipinski definition) is 3. The van der Waals surface area contributed by atoms with Gasteiger partial charge in [0.25, 0.3) is 0 Å². The molecule has 0 amide bonds. The van der Waals surface area contributed by atoms with Crippen molar-refractivity contribution in [1.29, 1.82) is 0 Å². The fourth-order valence-electron chi connectivity index (χ4n) is 9.19. The number of unbranched alkanes of at least 4 members (excludes halogenated alkanes) is 24. The van der Waals surface area contributed by atoms with Gasteiger partial charge < -0.3 is 33.8 Å². The summed E-state index contributed by atoms with van der Waals surface area (Å²) in [7, 11) is -9.89. The number of carbonyl (C=O) groups excluding carboxylic acids is 4. The summed E-state index contributed by atoms with van der Waals surface area (Å²) >= 11 is 0. The van der Waals surface area contributed by atoms with Gasteiger partial charge in [-0.2, -0.15) is 0 Å². The average Bonchev–Trinajstić information content (AvgIpc) is 3.45. The summed E-state index contributed by atoms with van der Waals surface area (Å²) in [6.45, 7) is 13.9. The van der Waals surface area contributed by atoms with Crippen LogP contribution in [-0.4, -0.2) is 96.7 Å². The first kappa shape index (κ1) is 80.1. The van der Waals surface area contributed by atoms with E-state index in [1.54, 1.807) is 0 Å². The number of aliphatic hydroxyl groups is 1. The molecule has 0 fully saturated rings. The molecule has 0 heterocycles. The van der Waals surface area contributed by atoms with Gasteiger partial charge in [-0.15, -0.1) is 0 Å². The van der Waals surface area contributed by atoms with Gasteiger partial charge in [-0.1, -0.05) is 248 Å². The van der Waals surface area contributed by atoms with E-state index >= 15 is 0 Å². The van der Waals surface area contributed by atoms with E-state index in [0.717, 1.165) is 114 Å². The van der Waals surface area contributed by atoms with E-state index in [0.29, 0.717) is 31.6 Å². The lowest BCUT2D eigenvalue weighted by molar-refractivity contribution is -0.161. The fourth-order valence-corrected chi connectivity index (χ4v) is 10.8. The molecule has 82 heavy (non-hydrogen) atoms. The van der Waals surface area contributed by atoms with Gasteiger partial charge in [0.15, 0.2) is 12.2 Å². The first-order chi connectivity index (χ1) is 39.2. The Kier molecular flexibility index (Phi) is 52.0. The summed E-state index contributed by atoms with van der Waals surface area (Å²) in [5.41, 5.74) is 0. The van der Waals surface area contributed by atoms with Crippen LogP contribution in [0.15, 0.2) is 0 Å². The van der Waals surface area contributed by atoms with Crippen LogP contribution in [0.25, 0.3) is 0 Å². The van der Waals surface area contributed by atoms with Crippen LogP contribution >= 0.6 is 15.6 Å². The van der Waals surface area contributed by atoms with Gasteiger partial charge in [-0.25, -0.2) is 9.13 Å². The van der Waals surface area contributed by atoms with Crippen molar-refractivity contribution >= 4 is 39.5 Å². The Morgan fingerprint density at radius 2 is 0.585 bits per heavy atom. The lowest BCUT2D eigenvalue weighted by atomic mass is 9.99. The second kappa shape index (κ2) is 53.3. The van der Waals surface area contributed by atoms with Crippen LogP contribution in [0.1, 0.15) is 299 Å². The summed E-state index contributed by atoms with van der Waals surface area (Å²) in [4.78, 5) is 72.1. The Labute approximate surface area is 498 Å². The fraction of sp³-hybridized carbons (Fsp3) is 0.937. The van der Waals surface area contributed by atoms with Crippen molar-refractivity contribution in [3.8, 4) is 0 Å². The number of ether oxygens (including phenoxy) is 4. The second-order valence-corrected chi connectivity index (χ2v) is 27.1. The van der Waals surface area contributed by atoms with E-state index in [2.05, 4.69) is 55.4 Å². The largest absolute Gasteiger partial charge is 0.472 e. The lowest BCUT2D eigenvalue weighted by Crippen LogP contribution is -2.30. The van der Waals surface area contributed by atoms with Gasteiger partial charge in [0, 0.05) is 25.7 Å². The maximum Gasteiger partial charge on any atom is 0.472 e. The number of hydrogen-bond acceptors (Lipinski definition) is 15. The highest BCUT2D eigenvalue weighted by Crippen LogP contribution is 2.45. The number of rotatable bonds is 60. The molecule has 7 atom stereocenters. The Morgan fingerprint density at radius 1 is 0.341 bits per heavy atom.